The van der Waals surface area contributed by atoms with Gasteiger partial charge in [0.1, 0.15) is 5.82 Å². The minimum Gasteiger partial charge on any atom is -0.370 e. The Hall–Kier alpha value is -2.07. The van der Waals surface area contributed by atoms with E-state index in [0.717, 1.165) is 12.2 Å². The average Bonchev–Trinajstić information content (AvgIpc) is 2.51. The zero-order valence-corrected chi connectivity index (χ0v) is 12.9. The number of benzene rings is 1. The van der Waals surface area contributed by atoms with Gasteiger partial charge in [-0.2, -0.15) is 0 Å². The molecule has 2 rings (SSSR count). The van der Waals surface area contributed by atoms with Crippen LogP contribution in [0.25, 0.3) is 0 Å². The van der Waals surface area contributed by atoms with E-state index in [1.807, 2.05) is 44.2 Å². The molecule has 0 aliphatic carbocycles. The van der Waals surface area contributed by atoms with Crippen LogP contribution in [0.15, 0.2) is 42.6 Å². The van der Waals surface area contributed by atoms with Gasteiger partial charge < -0.3 is 10.2 Å². The molecule has 110 valence electrons. The van der Waals surface area contributed by atoms with Gasteiger partial charge in [-0.25, -0.2) is 4.98 Å². The lowest BCUT2D eigenvalue weighted by atomic mass is 10.2. The van der Waals surface area contributed by atoms with E-state index >= 15 is 0 Å². The maximum absolute atomic E-state index is 12.7. The number of hydrogen-bond donors (Lipinski definition) is 1. The van der Waals surface area contributed by atoms with Gasteiger partial charge >= 0.3 is 0 Å². The van der Waals surface area contributed by atoms with Crippen LogP contribution in [-0.2, 0) is 0 Å². The Labute approximate surface area is 129 Å². The number of hydrogen-bond acceptors (Lipinski definition) is 3. The first kappa shape index (κ1) is 15.3. The quantitative estimate of drug-likeness (QED) is 0.913. The van der Waals surface area contributed by atoms with Crippen molar-refractivity contribution >= 4 is 29.0 Å². The summed E-state index contributed by atoms with van der Waals surface area (Å²) < 4.78 is 0. The third-order valence-electron chi connectivity index (χ3n) is 3.07. The van der Waals surface area contributed by atoms with Gasteiger partial charge in [-0.1, -0.05) is 29.8 Å². The van der Waals surface area contributed by atoms with E-state index < -0.39 is 0 Å². The number of nitrogens with zero attached hydrogens (tertiary/aromatic N) is 2. The topological polar surface area (TPSA) is 45.2 Å². The van der Waals surface area contributed by atoms with Crippen LogP contribution in [-0.4, -0.2) is 24.0 Å². The fourth-order valence-electron chi connectivity index (χ4n) is 2.08. The van der Waals surface area contributed by atoms with Crippen LogP contribution in [0.3, 0.4) is 0 Å². The van der Waals surface area contributed by atoms with Crippen molar-refractivity contribution in [2.24, 2.45) is 0 Å². The average molecular weight is 304 g/mol. The highest BCUT2D eigenvalue weighted by Crippen LogP contribution is 2.23. The smallest absolute Gasteiger partial charge is 0.259 e. The van der Waals surface area contributed by atoms with Gasteiger partial charge in [0.05, 0.1) is 10.6 Å². The zero-order chi connectivity index (χ0) is 15.2. The van der Waals surface area contributed by atoms with Crippen molar-refractivity contribution in [3.05, 3.63) is 53.2 Å². The SMILES string of the molecule is CCNc1cc(C(=O)N(CC)c2ccccc2)c(Cl)cn1. The van der Waals surface area contributed by atoms with Crippen molar-refractivity contribution in [2.45, 2.75) is 13.8 Å². The molecule has 0 saturated carbocycles. The fraction of sp³-hybridized carbons (Fsp3) is 0.250. The Balaban J connectivity index is 2.35. The number of carbonyl (C=O) groups is 1. The molecule has 0 aliphatic rings. The van der Waals surface area contributed by atoms with Crippen LogP contribution in [0, 0.1) is 0 Å². The number of anilines is 2. The Morgan fingerprint density at radius 2 is 2.00 bits per heavy atom. The summed E-state index contributed by atoms with van der Waals surface area (Å²) in [4.78, 5) is 18.6. The molecule has 1 aromatic heterocycles. The van der Waals surface area contributed by atoms with Crippen LogP contribution >= 0.6 is 11.6 Å². The Bertz CT molecular complexity index is 616. The zero-order valence-electron chi connectivity index (χ0n) is 12.1. The number of carbonyl (C=O) groups excluding carboxylic acids is 1. The second-order valence-corrected chi connectivity index (χ2v) is 4.87. The lowest BCUT2D eigenvalue weighted by Crippen LogP contribution is -2.31. The number of halogens is 1. The molecular weight excluding hydrogens is 286 g/mol. The van der Waals surface area contributed by atoms with Crippen LogP contribution in [0.2, 0.25) is 5.02 Å². The second kappa shape index (κ2) is 7.09. The molecule has 0 fully saturated rings. The normalized spacial score (nSPS) is 10.2. The van der Waals surface area contributed by atoms with E-state index in [-0.39, 0.29) is 5.91 Å². The highest BCUT2D eigenvalue weighted by molar-refractivity contribution is 6.34. The Kier molecular flexibility index (Phi) is 5.17. The lowest BCUT2D eigenvalue weighted by molar-refractivity contribution is 0.0988. The van der Waals surface area contributed by atoms with Gasteiger partial charge in [0, 0.05) is 25.0 Å². The predicted octanol–water partition coefficient (Wildman–Crippen LogP) is 3.83. The van der Waals surface area contributed by atoms with Crippen molar-refractivity contribution < 1.29 is 4.79 Å². The molecule has 1 amide bonds. The first-order valence-corrected chi connectivity index (χ1v) is 7.31. The van der Waals surface area contributed by atoms with E-state index in [0.29, 0.717) is 22.9 Å². The maximum atomic E-state index is 12.7. The number of pyridine rings is 1. The highest BCUT2D eigenvalue weighted by atomic mass is 35.5. The molecule has 0 aliphatic heterocycles. The molecule has 21 heavy (non-hydrogen) atoms. The minimum absolute atomic E-state index is 0.129. The second-order valence-electron chi connectivity index (χ2n) is 4.46. The minimum atomic E-state index is -0.129. The predicted molar refractivity (Wildman–Crippen MR) is 87.2 cm³/mol. The molecule has 0 spiro atoms. The van der Waals surface area contributed by atoms with Crippen molar-refractivity contribution in [3.8, 4) is 0 Å². The summed E-state index contributed by atoms with van der Waals surface area (Å²) in [6, 6.07) is 11.2. The number of para-hydroxylation sites is 1. The summed E-state index contributed by atoms with van der Waals surface area (Å²) >= 11 is 6.14. The fourth-order valence-corrected chi connectivity index (χ4v) is 2.26. The van der Waals surface area contributed by atoms with E-state index in [9.17, 15) is 4.79 Å². The van der Waals surface area contributed by atoms with Crippen LogP contribution in [0.5, 0.6) is 0 Å². The van der Waals surface area contributed by atoms with Gasteiger partial charge in [0.25, 0.3) is 5.91 Å². The lowest BCUT2D eigenvalue weighted by Gasteiger charge is -2.21. The third kappa shape index (κ3) is 3.52. The van der Waals surface area contributed by atoms with Gasteiger partial charge in [-0.3, -0.25) is 4.79 Å². The van der Waals surface area contributed by atoms with E-state index in [4.69, 9.17) is 11.6 Å². The monoisotopic (exact) mass is 303 g/mol. The summed E-state index contributed by atoms with van der Waals surface area (Å²) in [5.41, 5.74) is 1.30. The summed E-state index contributed by atoms with van der Waals surface area (Å²) in [6.45, 7) is 5.21. The van der Waals surface area contributed by atoms with Crippen molar-refractivity contribution in [1.82, 2.24) is 4.98 Å². The van der Waals surface area contributed by atoms with Crippen LogP contribution in [0.1, 0.15) is 24.2 Å². The van der Waals surface area contributed by atoms with Crippen molar-refractivity contribution in [1.29, 1.82) is 0 Å². The number of aromatic nitrogens is 1. The first-order valence-electron chi connectivity index (χ1n) is 6.93. The summed E-state index contributed by atoms with van der Waals surface area (Å²) in [6.07, 6.45) is 1.51. The van der Waals surface area contributed by atoms with Crippen LogP contribution in [0.4, 0.5) is 11.5 Å². The number of rotatable bonds is 5. The van der Waals surface area contributed by atoms with Gasteiger partial charge in [-0.05, 0) is 32.0 Å². The van der Waals surface area contributed by atoms with E-state index in [1.165, 1.54) is 6.20 Å². The molecule has 0 bridgehead atoms. The van der Waals surface area contributed by atoms with Crippen LogP contribution < -0.4 is 10.2 Å². The maximum Gasteiger partial charge on any atom is 0.259 e. The molecule has 0 unspecified atom stereocenters. The molecule has 1 aromatic carbocycles. The molecule has 0 radical (unpaired) electrons. The van der Waals surface area contributed by atoms with Gasteiger partial charge in [0.2, 0.25) is 0 Å². The highest BCUT2D eigenvalue weighted by Gasteiger charge is 2.19. The van der Waals surface area contributed by atoms with E-state index in [2.05, 4.69) is 10.3 Å². The largest absolute Gasteiger partial charge is 0.370 e. The standard InChI is InChI=1S/C16H18ClN3O/c1-3-18-15-10-13(14(17)11-19-15)16(21)20(4-2)12-8-6-5-7-9-12/h5-11H,3-4H2,1-2H3,(H,18,19). The summed E-state index contributed by atoms with van der Waals surface area (Å²) in [5.74, 6) is 0.518. The third-order valence-corrected chi connectivity index (χ3v) is 3.37. The summed E-state index contributed by atoms with van der Waals surface area (Å²) in [5, 5.41) is 3.44. The molecule has 4 nitrogen and oxygen atoms in total. The Morgan fingerprint density at radius 3 is 2.62 bits per heavy atom. The molecule has 0 saturated heterocycles. The van der Waals surface area contributed by atoms with Gasteiger partial charge in [0.15, 0.2) is 0 Å². The molecular formula is C16H18ClN3O. The van der Waals surface area contributed by atoms with Gasteiger partial charge in [-0.15, -0.1) is 0 Å². The van der Waals surface area contributed by atoms with Crippen molar-refractivity contribution in [2.75, 3.05) is 23.3 Å². The van der Waals surface area contributed by atoms with E-state index in [1.54, 1.807) is 11.0 Å². The molecule has 5 heteroatoms. The molecule has 1 N–H and O–H groups in total. The first-order chi connectivity index (χ1) is 10.2. The summed E-state index contributed by atoms with van der Waals surface area (Å²) in [7, 11) is 0. The molecule has 0 atom stereocenters. The number of amides is 1. The Morgan fingerprint density at radius 1 is 1.29 bits per heavy atom. The molecule has 1 heterocycles. The number of nitrogens with one attached hydrogen (secondary N) is 1. The van der Waals surface area contributed by atoms with Crippen molar-refractivity contribution in [3.63, 3.8) is 0 Å². The molecule has 2 aromatic rings.